The third kappa shape index (κ3) is 12.5. The first kappa shape index (κ1) is 22.4. The number of carboxylic acids is 1. The van der Waals surface area contributed by atoms with E-state index in [1.165, 1.54) is 38.5 Å². The molecule has 0 radical (unpaired) electrons. The molecule has 0 fully saturated rings. The predicted octanol–water partition coefficient (Wildman–Crippen LogP) is 4.75. The van der Waals surface area contributed by atoms with E-state index >= 15 is 0 Å². The fraction of sp³-hybridized carbons (Fsp3) is 0.947. The smallest absolute Gasteiger partial charge is 0.306 e. The van der Waals surface area contributed by atoms with Crippen LogP contribution in [0.2, 0.25) is 0 Å². The van der Waals surface area contributed by atoms with Crippen molar-refractivity contribution >= 4 is 5.97 Å². The Morgan fingerprint density at radius 2 is 1.61 bits per heavy atom. The standard InChI is InChI=1S/C19H39NO3/c1-6-7-8-9-10-11-12-13-17(23-19(3,4)5)16(20)14-15(2)18(21)22/h15-17H,6-14,20H2,1-5H3,(H,21,22)/t15-,16?,17?/m0/s1. The van der Waals surface area contributed by atoms with Crippen molar-refractivity contribution < 1.29 is 14.6 Å². The molecule has 0 bridgehead atoms. The van der Waals surface area contributed by atoms with Crippen LogP contribution in [-0.4, -0.2) is 28.8 Å². The van der Waals surface area contributed by atoms with Gasteiger partial charge in [0.05, 0.1) is 17.6 Å². The van der Waals surface area contributed by atoms with Crippen molar-refractivity contribution in [3.8, 4) is 0 Å². The van der Waals surface area contributed by atoms with Crippen LogP contribution >= 0.6 is 0 Å². The highest BCUT2D eigenvalue weighted by Gasteiger charge is 2.27. The first-order valence-corrected chi connectivity index (χ1v) is 9.33. The van der Waals surface area contributed by atoms with Crippen LogP contribution in [0.25, 0.3) is 0 Å². The van der Waals surface area contributed by atoms with E-state index in [0.717, 1.165) is 12.8 Å². The van der Waals surface area contributed by atoms with Crippen LogP contribution in [0.15, 0.2) is 0 Å². The van der Waals surface area contributed by atoms with E-state index in [1.807, 2.05) is 20.8 Å². The van der Waals surface area contributed by atoms with Gasteiger partial charge < -0.3 is 15.6 Å². The van der Waals surface area contributed by atoms with Crippen LogP contribution in [0.3, 0.4) is 0 Å². The van der Waals surface area contributed by atoms with Gasteiger partial charge >= 0.3 is 5.97 Å². The minimum absolute atomic E-state index is 0.0626. The molecule has 0 aromatic rings. The van der Waals surface area contributed by atoms with Gasteiger partial charge in [0.25, 0.3) is 0 Å². The Kier molecular flexibility index (Phi) is 11.5. The van der Waals surface area contributed by atoms with Crippen LogP contribution in [0.4, 0.5) is 0 Å². The number of unbranched alkanes of at least 4 members (excludes halogenated alkanes) is 6. The lowest BCUT2D eigenvalue weighted by atomic mass is 9.94. The fourth-order valence-corrected chi connectivity index (χ4v) is 2.78. The van der Waals surface area contributed by atoms with E-state index in [1.54, 1.807) is 6.92 Å². The highest BCUT2D eigenvalue weighted by molar-refractivity contribution is 5.69. The largest absolute Gasteiger partial charge is 0.481 e. The van der Waals surface area contributed by atoms with Crippen LogP contribution in [0.1, 0.15) is 92.4 Å². The molecule has 0 aliphatic carbocycles. The van der Waals surface area contributed by atoms with Crippen LogP contribution < -0.4 is 5.73 Å². The SMILES string of the molecule is CCCCCCCCCC(OC(C)(C)C)C(N)C[C@H](C)C(=O)O. The van der Waals surface area contributed by atoms with E-state index < -0.39 is 11.9 Å². The number of hydrogen-bond donors (Lipinski definition) is 2. The van der Waals surface area contributed by atoms with Crippen molar-refractivity contribution in [2.75, 3.05) is 0 Å². The number of carbonyl (C=O) groups is 1. The van der Waals surface area contributed by atoms with E-state index in [2.05, 4.69) is 6.92 Å². The number of hydrogen-bond acceptors (Lipinski definition) is 3. The molecule has 2 unspecified atom stereocenters. The topological polar surface area (TPSA) is 72.5 Å². The van der Waals surface area contributed by atoms with Gasteiger partial charge in [0, 0.05) is 6.04 Å². The van der Waals surface area contributed by atoms with Gasteiger partial charge in [-0.25, -0.2) is 0 Å². The average molecular weight is 330 g/mol. The zero-order chi connectivity index (χ0) is 17.9. The van der Waals surface area contributed by atoms with Gasteiger partial charge in [0.1, 0.15) is 0 Å². The summed E-state index contributed by atoms with van der Waals surface area (Å²) in [6.07, 6.45) is 10.1. The minimum Gasteiger partial charge on any atom is -0.481 e. The summed E-state index contributed by atoms with van der Waals surface area (Å²) < 4.78 is 6.11. The molecule has 0 aliphatic rings. The Hall–Kier alpha value is -0.610. The number of ether oxygens (including phenoxy) is 1. The summed E-state index contributed by atoms with van der Waals surface area (Å²) >= 11 is 0. The molecule has 3 atom stereocenters. The molecule has 4 heteroatoms. The van der Waals surface area contributed by atoms with Crippen molar-refractivity contribution in [2.45, 2.75) is 110 Å². The second kappa shape index (κ2) is 11.9. The molecule has 138 valence electrons. The van der Waals surface area contributed by atoms with Gasteiger partial charge in [0.15, 0.2) is 0 Å². The number of rotatable bonds is 13. The summed E-state index contributed by atoms with van der Waals surface area (Å²) in [6, 6.07) is -0.222. The Balaban J connectivity index is 4.27. The highest BCUT2D eigenvalue weighted by atomic mass is 16.5. The third-order valence-corrected chi connectivity index (χ3v) is 4.12. The summed E-state index contributed by atoms with van der Waals surface area (Å²) in [5.74, 6) is -1.21. The van der Waals surface area contributed by atoms with E-state index in [0.29, 0.717) is 6.42 Å². The molecular formula is C19H39NO3. The quantitative estimate of drug-likeness (QED) is 0.478. The molecule has 0 aromatic carbocycles. The minimum atomic E-state index is -0.786. The van der Waals surface area contributed by atoms with Crippen molar-refractivity contribution in [3.05, 3.63) is 0 Å². The number of nitrogens with two attached hydrogens (primary N) is 1. The molecule has 4 nitrogen and oxygen atoms in total. The van der Waals surface area contributed by atoms with Crippen LogP contribution in [0.5, 0.6) is 0 Å². The first-order valence-electron chi connectivity index (χ1n) is 9.33. The zero-order valence-corrected chi connectivity index (χ0v) is 15.9. The fourth-order valence-electron chi connectivity index (χ4n) is 2.78. The Morgan fingerprint density at radius 1 is 1.09 bits per heavy atom. The van der Waals surface area contributed by atoms with Crippen molar-refractivity contribution in [1.29, 1.82) is 0 Å². The first-order chi connectivity index (χ1) is 10.7. The third-order valence-electron chi connectivity index (χ3n) is 4.12. The molecule has 23 heavy (non-hydrogen) atoms. The maximum atomic E-state index is 11.0. The lowest BCUT2D eigenvalue weighted by molar-refractivity contribution is -0.142. The summed E-state index contributed by atoms with van der Waals surface area (Å²) in [7, 11) is 0. The molecule has 0 saturated carbocycles. The molecule has 0 amide bonds. The molecule has 0 rings (SSSR count). The van der Waals surface area contributed by atoms with Crippen LogP contribution in [0, 0.1) is 5.92 Å². The average Bonchev–Trinajstić information content (AvgIpc) is 2.43. The van der Waals surface area contributed by atoms with Crippen molar-refractivity contribution in [3.63, 3.8) is 0 Å². The van der Waals surface area contributed by atoms with E-state index in [-0.39, 0.29) is 17.7 Å². The number of carboxylic acid groups (broad SMARTS) is 1. The number of aliphatic carboxylic acids is 1. The summed E-state index contributed by atoms with van der Waals surface area (Å²) in [5, 5.41) is 9.07. The molecule has 0 spiro atoms. The van der Waals surface area contributed by atoms with Gasteiger partial charge in [-0.15, -0.1) is 0 Å². The van der Waals surface area contributed by atoms with Gasteiger partial charge in [-0.05, 0) is 33.6 Å². The Morgan fingerprint density at radius 3 is 2.09 bits per heavy atom. The normalized spacial score (nSPS) is 16.1. The zero-order valence-electron chi connectivity index (χ0n) is 15.9. The second-order valence-corrected chi connectivity index (χ2v) is 7.82. The molecule has 0 aromatic heterocycles. The Labute approximate surface area is 143 Å². The van der Waals surface area contributed by atoms with Gasteiger partial charge in [-0.1, -0.05) is 58.8 Å². The lowest BCUT2D eigenvalue weighted by Gasteiger charge is -2.32. The lowest BCUT2D eigenvalue weighted by Crippen LogP contribution is -2.43. The molecule has 0 saturated heterocycles. The van der Waals surface area contributed by atoms with Gasteiger partial charge in [0.2, 0.25) is 0 Å². The van der Waals surface area contributed by atoms with E-state index in [4.69, 9.17) is 15.6 Å². The maximum absolute atomic E-state index is 11.0. The summed E-state index contributed by atoms with van der Waals surface area (Å²) in [6.45, 7) is 10.0. The van der Waals surface area contributed by atoms with Gasteiger partial charge in [-0.3, -0.25) is 4.79 Å². The van der Waals surface area contributed by atoms with Crippen molar-refractivity contribution in [2.24, 2.45) is 11.7 Å². The van der Waals surface area contributed by atoms with E-state index in [9.17, 15) is 4.79 Å². The van der Waals surface area contributed by atoms with Crippen LogP contribution in [-0.2, 0) is 9.53 Å². The summed E-state index contributed by atoms with van der Waals surface area (Å²) in [4.78, 5) is 11.0. The van der Waals surface area contributed by atoms with Crippen molar-refractivity contribution in [1.82, 2.24) is 0 Å². The predicted molar refractivity (Wildman–Crippen MR) is 96.6 cm³/mol. The van der Waals surface area contributed by atoms with Gasteiger partial charge in [-0.2, -0.15) is 0 Å². The molecule has 0 heterocycles. The maximum Gasteiger partial charge on any atom is 0.306 e. The monoisotopic (exact) mass is 329 g/mol. The highest BCUT2D eigenvalue weighted by Crippen LogP contribution is 2.21. The molecule has 0 aliphatic heterocycles. The second-order valence-electron chi connectivity index (χ2n) is 7.82. The summed E-state index contributed by atoms with van der Waals surface area (Å²) in [5.41, 5.74) is 6.00. The molecular weight excluding hydrogens is 290 g/mol. The molecule has 3 N–H and O–H groups in total. The Bertz CT molecular complexity index is 312.